The maximum atomic E-state index is 12.7. The van der Waals surface area contributed by atoms with Gasteiger partial charge in [0.15, 0.2) is 24.7 Å². The lowest BCUT2D eigenvalue weighted by atomic mass is 9.46. The van der Waals surface area contributed by atoms with Crippen LogP contribution < -0.4 is 0 Å². The van der Waals surface area contributed by atoms with E-state index in [1.54, 1.807) is 6.92 Å². The molecule has 4 aliphatic heterocycles. The maximum Gasteiger partial charge on any atom is 0.187 e. The van der Waals surface area contributed by atoms with Gasteiger partial charge in [0.1, 0.15) is 85.5 Å². The predicted molar refractivity (Wildman–Crippen MR) is 218 cm³/mol. The molecule has 364 valence electrons. The number of aliphatic hydroxyl groups is 11. The molecule has 0 amide bonds. The van der Waals surface area contributed by atoms with Crippen LogP contribution in [0.1, 0.15) is 79.6 Å². The van der Waals surface area contributed by atoms with Crippen molar-refractivity contribution in [2.45, 2.75) is 202 Å². The fraction of sp³-hybridized carbons (Fsp3) is 0.889. The van der Waals surface area contributed by atoms with Gasteiger partial charge in [0.2, 0.25) is 0 Å². The van der Waals surface area contributed by atoms with Gasteiger partial charge in [0.05, 0.1) is 31.5 Å². The lowest BCUT2D eigenvalue weighted by Crippen LogP contribution is -2.69. The van der Waals surface area contributed by atoms with Crippen LogP contribution in [0.15, 0.2) is 23.3 Å². The molecule has 64 heavy (non-hydrogen) atoms. The van der Waals surface area contributed by atoms with Crippen LogP contribution in [0, 0.1) is 34.5 Å². The minimum atomic E-state index is -1.93. The first-order valence-electron chi connectivity index (χ1n) is 23.1. The van der Waals surface area contributed by atoms with Gasteiger partial charge in [0.25, 0.3) is 0 Å². The van der Waals surface area contributed by atoms with Crippen molar-refractivity contribution < 1.29 is 94.1 Å². The van der Waals surface area contributed by atoms with E-state index in [4.69, 9.17) is 33.2 Å². The predicted octanol–water partition coefficient (Wildman–Crippen LogP) is -1.94. The Morgan fingerprint density at radius 1 is 0.609 bits per heavy atom. The second-order valence-electron chi connectivity index (χ2n) is 20.3. The Kier molecular flexibility index (Phi) is 14.3. The van der Waals surface area contributed by atoms with Crippen LogP contribution in [-0.2, 0) is 38.0 Å². The topological polar surface area (TPSA) is 304 Å². The highest BCUT2D eigenvalue weighted by molar-refractivity contribution is 5.95. The highest BCUT2D eigenvalue weighted by Gasteiger charge is 2.61. The zero-order valence-corrected chi connectivity index (χ0v) is 37.1. The highest BCUT2D eigenvalue weighted by Crippen LogP contribution is 2.66. The van der Waals surface area contributed by atoms with Crippen molar-refractivity contribution in [2.75, 3.05) is 13.2 Å². The minimum Gasteiger partial charge on any atom is -0.394 e. The normalized spacial score (nSPS) is 54.2. The Morgan fingerprint density at radius 2 is 1.14 bits per heavy atom. The molecule has 0 aromatic rings. The molecule has 26 atom stereocenters. The van der Waals surface area contributed by atoms with Crippen molar-refractivity contribution in [3.05, 3.63) is 23.3 Å². The summed E-state index contributed by atoms with van der Waals surface area (Å²) in [6.45, 7) is 7.63. The van der Waals surface area contributed by atoms with Crippen LogP contribution in [0.5, 0.6) is 0 Å². The number of hydrogen-bond acceptors (Lipinski definition) is 19. The molecule has 8 aliphatic rings. The Balaban J connectivity index is 1.16. The van der Waals surface area contributed by atoms with E-state index >= 15 is 0 Å². The van der Waals surface area contributed by atoms with Crippen molar-refractivity contribution in [1.82, 2.24) is 0 Å². The van der Waals surface area contributed by atoms with Crippen LogP contribution in [0.4, 0.5) is 0 Å². The first-order chi connectivity index (χ1) is 30.2. The van der Waals surface area contributed by atoms with E-state index in [9.17, 15) is 61.0 Å². The number of ketones is 1. The molecule has 19 heteroatoms. The van der Waals surface area contributed by atoms with E-state index < -0.39 is 136 Å². The Labute approximate surface area is 372 Å². The molecule has 0 aromatic carbocycles. The van der Waals surface area contributed by atoms with Crippen LogP contribution in [-0.4, -0.2) is 198 Å². The van der Waals surface area contributed by atoms with E-state index in [-0.39, 0.29) is 22.5 Å². The molecule has 8 rings (SSSR count). The molecule has 0 radical (unpaired) electrons. The summed E-state index contributed by atoms with van der Waals surface area (Å²) in [6.07, 6.45) is -21.2. The zero-order valence-electron chi connectivity index (χ0n) is 37.1. The van der Waals surface area contributed by atoms with Gasteiger partial charge in [0, 0.05) is 0 Å². The van der Waals surface area contributed by atoms with Crippen molar-refractivity contribution in [3.63, 3.8) is 0 Å². The highest BCUT2D eigenvalue weighted by atomic mass is 16.8. The van der Waals surface area contributed by atoms with Gasteiger partial charge < -0.3 is 89.3 Å². The molecule has 0 unspecified atom stereocenters. The van der Waals surface area contributed by atoms with Crippen molar-refractivity contribution in [2.24, 2.45) is 34.5 Å². The standard InChI is InChI=1S/C45H70O19/c1-17(48)23-8-9-24-22-7-6-21-14-20(10-12-44(21,4)25(22)11-13-45(23,24)5)37-39(63-42-35(56)32(53)29(50)19(3)59-42)40(64-43-36(57)33(54)30(51)26(15-46)61-43)38(27(16-47)60-37)62-41-34(55)31(52)28(49)18(2)58-41/h6,8,18-20,22,24-43,46-47,49-57H,7,9-16H2,1-5H3/t18-,19-,20-,22-,24-,25-,26+,27+,28-,29-,30+,31+,32+,33-,34+,35+,36+,37-,38+,39-,40-,41-,42-,43-,44-,45+/m0/s1. The number of rotatable bonds is 10. The number of carbonyl (C=O) groups is 1. The first kappa shape index (κ1) is 48.9. The van der Waals surface area contributed by atoms with Gasteiger partial charge in [-0.2, -0.15) is 0 Å². The summed E-state index contributed by atoms with van der Waals surface area (Å²) in [5.41, 5.74) is 1.81. The number of aliphatic hydroxyl groups excluding tert-OH is 11. The quantitative estimate of drug-likeness (QED) is 0.106. The molecule has 0 bridgehead atoms. The largest absolute Gasteiger partial charge is 0.394 e. The summed E-state index contributed by atoms with van der Waals surface area (Å²) in [6, 6.07) is 0. The molecule has 11 N–H and O–H groups in total. The second-order valence-corrected chi connectivity index (χ2v) is 20.3. The third kappa shape index (κ3) is 8.29. The minimum absolute atomic E-state index is 0.133. The molecule has 19 nitrogen and oxygen atoms in total. The van der Waals surface area contributed by atoms with Gasteiger partial charge >= 0.3 is 0 Å². The zero-order chi connectivity index (χ0) is 46.3. The van der Waals surface area contributed by atoms with E-state index in [1.807, 2.05) is 0 Å². The molecule has 0 spiro atoms. The van der Waals surface area contributed by atoms with E-state index in [1.165, 1.54) is 19.4 Å². The first-order valence-corrected chi connectivity index (χ1v) is 23.1. The van der Waals surface area contributed by atoms with Crippen LogP contribution in [0.3, 0.4) is 0 Å². The number of carbonyl (C=O) groups excluding carboxylic acids is 1. The van der Waals surface area contributed by atoms with Crippen molar-refractivity contribution in [3.8, 4) is 0 Å². The molecule has 2 saturated carbocycles. The molecule has 4 heterocycles. The number of fused-ring (bicyclic) bond motifs is 5. The molecule has 0 aromatic heterocycles. The summed E-state index contributed by atoms with van der Waals surface area (Å²) < 4.78 is 43.8. The van der Waals surface area contributed by atoms with E-state index in [0.717, 1.165) is 37.7 Å². The smallest absolute Gasteiger partial charge is 0.187 e. The summed E-state index contributed by atoms with van der Waals surface area (Å²) in [5, 5.41) is 119. The van der Waals surface area contributed by atoms with Crippen molar-refractivity contribution in [1.29, 1.82) is 0 Å². The molecule has 4 saturated heterocycles. The third-order valence-electron chi connectivity index (χ3n) is 16.8. The monoisotopic (exact) mass is 914 g/mol. The molecule has 6 fully saturated rings. The maximum absolute atomic E-state index is 12.7. The SMILES string of the molecule is CC(=O)C1=CC[C@H]2[C@@H]3CC=C4C[C@@H]([C@@H]5O[C@H](CO)[C@@H](O[C@@H]6O[C@@H](C)[C@H](O)[C@@H](O)[C@H]6O)[C@H](O[C@@H]6O[C@H](CO)[C@@H](O)[C@H](O)[C@H]6O)[C@H]5O[C@@H]5O[C@@H](C)[C@H](O)[C@@H](O)[C@H]5O)CC[C@]4(C)[C@H]3CC[C@]12C. The summed E-state index contributed by atoms with van der Waals surface area (Å²) >= 11 is 0. The lowest BCUT2D eigenvalue weighted by Gasteiger charge is -2.59. The van der Waals surface area contributed by atoms with Crippen LogP contribution in [0.25, 0.3) is 0 Å². The molecular weight excluding hydrogens is 844 g/mol. The van der Waals surface area contributed by atoms with Crippen LogP contribution in [0.2, 0.25) is 0 Å². The van der Waals surface area contributed by atoms with Gasteiger partial charge in [-0.25, -0.2) is 0 Å². The number of hydrogen-bond donors (Lipinski definition) is 11. The van der Waals surface area contributed by atoms with E-state index in [2.05, 4.69) is 26.0 Å². The van der Waals surface area contributed by atoms with Gasteiger partial charge in [-0.3, -0.25) is 4.79 Å². The van der Waals surface area contributed by atoms with Gasteiger partial charge in [-0.15, -0.1) is 0 Å². The second kappa shape index (κ2) is 18.7. The Morgan fingerprint density at radius 3 is 1.72 bits per heavy atom. The molecule has 4 aliphatic carbocycles. The summed E-state index contributed by atoms with van der Waals surface area (Å²) in [4.78, 5) is 12.7. The number of Topliss-reactive ketones (excluding diaryl/α,β-unsaturated/α-hetero) is 1. The third-order valence-corrected chi connectivity index (χ3v) is 16.8. The van der Waals surface area contributed by atoms with E-state index in [0.29, 0.717) is 30.6 Å². The van der Waals surface area contributed by atoms with Gasteiger partial charge in [-0.05, 0) is 106 Å². The molecular formula is C45H70O19. The van der Waals surface area contributed by atoms with Crippen molar-refractivity contribution >= 4 is 5.78 Å². The van der Waals surface area contributed by atoms with Crippen LogP contribution >= 0.6 is 0 Å². The Hall–Kier alpha value is -1.57. The van der Waals surface area contributed by atoms with Gasteiger partial charge in [-0.1, -0.05) is 31.6 Å². The number of ether oxygens (including phenoxy) is 7. The Bertz CT molecular complexity index is 1730. The fourth-order valence-corrected chi connectivity index (χ4v) is 12.9. The fourth-order valence-electron chi connectivity index (χ4n) is 12.9. The number of allylic oxidation sites excluding steroid dienone is 4. The average molecular weight is 915 g/mol. The summed E-state index contributed by atoms with van der Waals surface area (Å²) in [7, 11) is 0. The summed E-state index contributed by atoms with van der Waals surface area (Å²) in [5.74, 6) is 0.838. The average Bonchev–Trinajstić information content (AvgIpc) is 3.64. The lowest BCUT2D eigenvalue weighted by molar-refractivity contribution is -0.391.